The van der Waals surface area contributed by atoms with E-state index in [1.807, 2.05) is 43.0 Å². The molecule has 4 rings (SSSR count). The highest BCUT2D eigenvalue weighted by molar-refractivity contribution is 5.98. The van der Waals surface area contributed by atoms with Gasteiger partial charge in [-0.2, -0.15) is 0 Å². The van der Waals surface area contributed by atoms with E-state index in [1.54, 1.807) is 43.4 Å². The van der Waals surface area contributed by atoms with Crippen LogP contribution in [0.2, 0.25) is 0 Å². The van der Waals surface area contributed by atoms with E-state index in [4.69, 9.17) is 14.2 Å². The Bertz CT molecular complexity index is 1140. The van der Waals surface area contributed by atoms with E-state index in [9.17, 15) is 14.4 Å². The Kier molecular flexibility index (Phi) is 8.56. The van der Waals surface area contributed by atoms with Gasteiger partial charge >= 0.3 is 0 Å². The topological polar surface area (TPSA) is 97.4 Å². The van der Waals surface area contributed by atoms with Crippen LogP contribution in [-0.4, -0.2) is 79.7 Å². The number of carbonyl (C=O) groups is 3. The number of hydrogen-bond acceptors (Lipinski definition) is 6. The molecular formula is C29H37N3O6. The van der Waals surface area contributed by atoms with Gasteiger partial charge in [-0.3, -0.25) is 19.3 Å². The second kappa shape index (κ2) is 11.9. The summed E-state index contributed by atoms with van der Waals surface area (Å²) in [4.78, 5) is 43.1. The van der Waals surface area contributed by atoms with Crippen molar-refractivity contribution in [2.45, 2.75) is 44.9 Å². The Morgan fingerprint density at radius 1 is 1.03 bits per heavy atom. The SMILES string of the molecule is COc1ccc(CCNC(=O)C2COC3(CCN(C(=O)C(C)C)CC3)N2C(=O)c2ccccc2)cc1OC. The van der Waals surface area contributed by atoms with Crippen LogP contribution in [-0.2, 0) is 20.7 Å². The molecule has 0 saturated carbocycles. The standard InChI is InChI=1S/C29H37N3O6/c1-20(2)27(34)31-16-13-29(14-17-31)32(28(35)22-8-6-5-7-9-22)23(19-38-29)26(33)30-15-12-21-10-11-24(36-3)25(18-21)37-4/h5-11,18,20,23H,12-17,19H2,1-4H3,(H,30,33). The first-order valence-corrected chi connectivity index (χ1v) is 13.1. The van der Waals surface area contributed by atoms with Crippen LogP contribution in [0, 0.1) is 5.92 Å². The van der Waals surface area contributed by atoms with Crippen molar-refractivity contribution in [1.82, 2.24) is 15.1 Å². The first-order chi connectivity index (χ1) is 18.3. The largest absolute Gasteiger partial charge is 0.493 e. The lowest BCUT2D eigenvalue weighted by atomic mass is 9.95. The van der Waals surface area contributed by atoms with Crippen LogP contribution < -0.4 is 14.8 Å². The molecule has 2 aromatic rings. The molecule has 1 N–H and O–H groups in total. The summed E-state index contributed by atoms with van der Waals surface area (Å²) in [6.07, 6.45) is 1.50. The molecule has 1 unspecified atom stereocenters. The van der Waals surface area contributed by atoms with Gasteiger partial charge in [-0.25, -0.2) is 0 Å². The molecule has 0 bridgehead atoms. The predicted octanol–water partition coefficient (Wildman–Crippen LogP) is 2.88. The summed E-state index contributed by atoms with van der Waals surface area (Å²) in [5, 5.41) is 2.99. The fourth-order valence-corrected chi connectivity index (χ4v) is 5.21. The Morgan fingerprint density at radius 3 is 2.34 bits per heavy atom. The molecule has 2 aliphatic heterocycles. The molecular weight excluding hydrogens is 486 g/mol. The second-order valence-electron chi connectivity index (χ2n) is 10.0. The monoisotopic (exact) mass is 523 g/mol. The summed E-state index contributed by atoms with van der Waals surface area (Å²) in [6, 6.07) is 13.8. The van der Waals surface area contributed by atoms with Gasteiger partial charge in [0.2, 0.25) is 11.8 Å². The van der Waals surface area contributed by atoms with Crippen LogP contribution >= 0.6 is 0 Å². The number of benzene rings is 2. The van der Waals surface area contributed by atoms with Gasteiger partial charge in [-0.05, 0) is 36.2 Å². The van der Waals surface area contributed by atoms with Crippen molar-refractivity contribution in [3.63, 3.8) is 0 Å². The molecule has 0 aliphatic carbocycles. The number of hydrogen-bond donors (Lipinski definition) is 1. The van der Waals surface area contributed by atoms with E-state index in [1.165, 1.54) is 0 Å². The first kappa shape index (κ1) is 27.4. The molecule has 2 fully saturated rings. The van der Waals surface area contributed by atoms with Gasteiger partial charge < -0.3 is 24.4 Å². The molecule has 2 aromatic carbocycles. The van der Waals surface area contributed by atoms with E-state index < -0.39 is 11.8 Å². The number of nitrogens with zero attached hydrogens (tertiary/aromatic N) is 2. The molecule has 2 heterocycles. The van der Waals surface area contributed by atoms with Crippen LogP contribution in [0.5, 0.6) is 11.5 Å². The number of carbonyl (C=O) groups excluding carboxylic acids is 3. The van der Waals surface area contributed by atoms with E-state index in [-0.39, 0.29) is 30.2 Å². The maximum Gasteiger partial charge on any atom is 0.256 e. The maximum absolute atomic E-state index is 13.7. The average Bonchev–Trinajstić information content (AvgIpc) is 3.31. The van der Waals surface area contributed by atoms with E-state index >= 15 is 0 Å². The van der Waals surface area contributed by atoms with Gasteiger partial charge in [-0.1, -0.05) is 38.1 Å². The normalized spacial score (nSPS) is 18.5. The molecule has 1 spiro atoms. The lowest BCUT2D eigenvalue weighted by Crippen LogP contribution is -2.60. The number of ether oxygens (including phenoxy) is 3. The minimum Gasteiger partial charge on any atom is -0.493 e. The van der Waals surface area contributed by atoms with Crippen molar-refractivity contribution in [3.05, 3.63) is 59.7 Å². The highest BCUT2D eigenvalue weighted by atomic mass is 16.5. The quantitative estimate of drug-likeness (QED) is 0.572. The number of amides is 3. The summed E-state index contributed by atoms with van der Waals surface area (Å²) in [5.74, 6) is 0.761. The molecule has 9 nitrogen and oxygen atoms in total. The fraction of sp³-hybridized carbons (Fsp3) is 0.483. The Morgan fingerprint density at radius 2 is 1.71 bits per heavy atom. The molecule has 2 aliphatic rings. The molecule has 3 amide bonds. The van der Waals surface area contributed by atoms with Gasteiger partial charge in [0.1, 0.15) is 11.8 Å². The summed E-state index contributed by atoms with van der Waals surface area (Å²) >= 11 is 0. The van der Waals surface area contributed by atoms with Crippen molar-refractivity contribution in [3.8, 4) is 11.5 Å². The highest BCUT2D eigenvalue weighted by Gasteiger charge is 2.54. The Hall–Kier alpha value is -3.59. The number of nitrogens with one attached hydrogen (secondary N) is 1. The predicted molar refractivity (Wildman–Crippen MR) is 142 cm³/mol. The molecule has 0 radical (unpaired) electrons. The highest BCUT2D eigenvalue weighted by Crippen LogP contribution is 2.39. The summed E-state index contributed by atoms with van der Waals surface area (Å²) in [7, 11) is 3.17. The van der Waals surface area contributed by atoms with E-state index in [0.29, 0.717) is 56.0 Å². The zero-order valence-electron chi connectivity index (χ0n) is 22.6. The van der Waals surface area contributed by atoms with E-state index in [2.05, 4.69) is 5.32 Å². The average molecular weight is 524 g/mol. The second-order valence-corrected chi connectivity index (χ2v) is 10.0. The van der Waals surface area contributed by atoms with Crippen molar-refractivity contribution in [2.24, 2.45) is 5.92 Å². The number of piperidine rings is 1. The third-order valence-corrected chi connectivity index (χ3v) is 7.31. The summed E-state index contributed by atoms with van der Waals surface area (Å²) in [6.45, 7) is 5.21. The molecule has 9 heteroatoms. The minimum atomic E-state index is -0.925. The van der Waals surface area contributed by atoms with Crippen LogP contribution in [0.25, 0.3) is 0 Å². The van der Waals surface area contributed by atoms with Crippen LogP contribution in [0.1, 0.15) is 42.6 Å². The summed E-state index contributed by atoms with van der Waals surface area (Å²) < 4.78 is 16.9. The smallest absolute Gasteiger partial charge is 0.256 e. The first-order valence-electron chi connectivity index (χ1n) is 13.1. The summed E-state index contributed by atoms with van der Waals surface area (Å²) in [5.41, 5.74) is 0.564. The molecule has 1 atom stereocenters. The van der Waals surface area contributed by atoms with Crippen LogP contribution in [0.15, 0.2) is 48.5 Å². The lowest BCUT2D eigenvalue weighted by molar-refractivity contribution is -0.146. The van der Waals surface area contributed by atoms with Gasteiger partial charge in [0.15, 0.2) is 11.5 Å². The third-order valence-electron chi connectivity index (χ3n) is 7.31. The van der Waals surface area contributed by atoms with Crippen LogP contribution in [0.4, 0.5) is 0 Å². The number of methoxy groups -OCH3 is 2. The van der Waals surface area contributed by atoms with Crippen molar-refractivity contribution in [2.75, 3.05) is 40.5 Å². The molecule has 204 valence electrons. The lowest BCUT2D eigenvalue weighted by Gasteiger charge is -2.44. The minimum absolute atomic E-state index is 0.0863. The van der Waals surface area contributed by atoms with Crippen molar-refractivity contribution < 1.29 is 28.6 Å². The third kappa shape index (κ3) is 5.62. The fourth-order valence-electron chi connectivity index (χ4n) is 5.21. The molecule has 2 saturated heterocycles. The number of likely N-dealkylation sites (tertiary alicyclic amines) is 1. The van der Waals surface area contributed by atoms with Crippen molar-refractivity contribution in [1.29, 1.82) is 0 Å². The molecule has 38 heavy (non-hydrogen) atoms. The zero-order valence-corrected chi connectivity index (χ0v) is 22.6. The Balaban J connectivity index is 1.48. The maximum atomic E-state index is 13.7. The zero-order chi connectivity index (χ0) is 27.3. The van der Waals surface area contributed by atoms with Crippen molar-refractivity contribution >= 4 is 17.7 Å². The number of rotatable bonds is 8. The van der Waals surface area contributed by atoms with E-state index in [0.717, 1.165) is 5.56 Å². The van der Waals surface area contributed by atoms with Gasteiger partial charge in [-0.15, -0.1) is 0 Å². The van der Waals surface area contributed by atoms with Gasteiger partial charge in [0, 0.05) is 44.0 Å². The molecule has 0 aromatic heterocycles. The van der Waals surface area contributed by atoms with Gasteiger partial charge in [0.05, 0.1) is 20.8 Å². The Labute approximate surface area is 224 Å². The van der Waals surface area contributed by atoms with Crippen LogP contribution in [0.3, 0.4) is 0 Å². The van der Waals surface area contributed by atoms with Gasteiger partial charge in [0.25, 0.3) is 5.91 Å².